The van der Waals surface area contributed by atoms with E-state index in [1.807, 2.05) is 0 Å². The summed E-state index contributed by atoms with van der Waals surface area (Å²) in [6, 6.07) is 16.8. The third-order valence-corrected chi connectivity index (χ3v) is 9.96. The molecular weight excluding hydrogens is 815 g/mol. The van der Waals surface area contributed by atoms with Crippen LogP contribution < -0.4 is 53.8 Å². The van der Waals surface area contributed by atoms with Crippen molar-refractivity contribution in [1.82, 2.24) is 37.2 Å². The van der Waals surface area contributed by atoms with Gasteiger partial charge in [0.15, 0.2) is 0 Å². The highest BCUT2D eigenvalue weighted by Gasteiger charge is 2.33. The highest BCUT2D eigenvalue weighted by molar-refractivity contribution is 5.97. The molecule has 3 aromatic rings. The summed E-state index contributed by atoms with van der Waals surface area (Å²) in [6.07, 6.45) is 0.500. The molecule has 3 aromatic carbocycles. The van der Waals surface area contributed by atoms with Crippen LogP contribution in [0.2, 0.25) is 0 Å². The molecule has 0 spiro atoms. The Kier molecular flexibility index (Phi) is 21.4. The number of aliphatic carboxylic acids is 1. The highest BCUT2D eigenvalue weighted by atomic mass is 16.4. The van der Waals surface area contributed by atoms with Gasteiger partial charge in [-0.05, 0) is 56.5 Å². The number of nitrogens with two attached hydrogens (primary N) is 2. The zero-order chi connectivity index (χ0) is 46.3. The van der Waals surface area contributed by atoms with Crippen LogP contribution in [0.15, 0.2) is 91.0 Å². The van der Waals surface area contributed by atoms with Crippen molar-refractivity contribution < 1.29 is 48.6 Å². The molecule has 0 heterocycles. The second-order valence-corrected chi connectivity index (χ2v) is 14.9. The molecular formula is C44H58N9O10-. The third-order valence-electron chi connectivity index (χ3n) is 9.96. The van der Waals surface area contributed by atoms with E-state index in [9.17, 15) is 48.6 Å². The van der Waals surface area contributed by atoms with Gasteiger partial charge in [-0.1, -0.05) is 91.0 Å². The van der Waals surface area contributed by atoms with Crippen LogP contribution in [0, 0.1) is 0 Å². The highest BCUT2D eigenvalue weighted by Crippen LogP contribution is 2.09. The first-order valence-electron chi connectivity index (χ1n) is 20.6. The van der Waals surface area contributed by atoms with Gasteiger partial charge in [-0.3, -0.25) is 33.6 Å². The average molecular weight is 873 g/mol. The van der Waals surface area contributed by atoms with E-state index in [-0.39, 0.29) is 25.7 Å². The average Bonchev–Trinajstić information content (AvgIpc) is 3.26. The molecule has 3 rings (SSSR count). The van der Waals surface area contributed by atoms with E-state index in [1.165, 1.54) is 14.0 Å². The number of rotatable bonds is 27. The lowest BCUT2D eigenvalue weighted by molar-refractivity contribution is -0.306. The Morgan fingerprint density at radius 3 is 1.29 bits per heavy atom. The molecule has 0 radical (unpaired) electrons. The fourth-order valence-corrected chi connectivity index (χ4v) is 6.41. The fraction of sp³-hybridized carbons (Fsp3) is 0.409. The molecule has 19 nitrogen and oxygen atoms in total. The van der Waals surface area contributed by atoms with Gasteiger partial charge in [-0.25, -0.2) is 0 Å². The van der Waals surface area contributed by atoms with Crippen LogP contribution in [0.4, 0.5) is 0 Å². The molecule has 12 N–H and O–H groups in total. The number of carbonyl (C=O) groups is 8. The summed E-state index contributed by atoms with van der Waals surface area (Å²) in [6.45, 7) is 0.809. The second kappa shape index (κ2) is 26.6. The largest absolute Gasteiger partial charge is 0.550 e. The van der Waals surface area contributed by atoms with Crippen molar-refractivity contribution in [3.63, 3.8) is 0 Å². The number of carboxylic acid groups (broad SMARTS) is 1. The number of benzene rings is 3. The molecule has 7 amide bonds. The minimum atomic E-state index is -1.62. The third kappa shape index (κ3) is 17.7. The minimum Gasteiger partial charge on any atom is -0.550 e. The molecule has 0 saturated carbocycles. The maximum Gasteiger partial charge on any atom is 0.245 e. The normalized spacial score (nSPS) is 14.2. The number of aliphatic hydroxyl groups is 1. The predicted molar refractivity (Wildman–Crippen MR) is 229 cm³/mol. The van der Waals surface area contributed by atoms with E-state index >= 15 is 0 Å². The van der Waals surface area contributed by atoms with Crippen molar-refractivity contribution in [1.29, 1.82) is 0 Å². The number of likely N-dealkylation sites (N-methyl/N-ethyl adjacent to an activating group) is 1. The first-order valence-corrected chi connectivity index (χ1v) is 20.6. The van der Waals surface area contributed by atoms with Gasteiger partial charge < -0.3 is 63.7 Å². The SMILES string of the molecule is CN[C@@H](CC(=O)[O-])C(=O)NC(Cc1ccccc1)C(=O)N[C@@H](C)C(=O)NC(Cc1ccccc1)C(=O)N[C@@H](CO)C(=O)NC(Cc1ccccc1)C(=O)N[C@@H](CCCCN)C(N)=O. The summed E-state index contributed by atoms with van der Waals surface area (Å²) in [4.78, 5) is 105. The fourth-order valence-electron chi connectivity index (χ4n) is 6.41. The Bertz CT molecular complexity index is 1970. The number of aliphatic hydroxyl groups excluding tert-OH is 1. The Labute approximate surface area is 365 Å². The van der Waals surface area contributed by atoms with Crippen molar-refractivity contribution >= 4 is 47.3 Å². The van der Waals surface area contributed by atoms with Crippen LogP contribution in [0.25, 0.3) is 0 Å². The first-order chi connectivity index (χ1) is 30.1. The van der Waals surface area contributed by atoms with Crippen LogP contribution in [0.1, 0.15) is 49.3 Å². The van der Waals surface area contributed by atoms with Crippen LogP contribution in [0.5, 0.6) is 0 Å². The van der Waals surface area contributed by atoms with Crippen LogP contribution in [-0.2, 0) is 57.6 Å². The van der Waals surface area contributed by atoms with Gasteiger partial charge in [0.1, 0.15) is 36.3 Å². The number of hydrogen-bond acceptors (Lipinski definition) is 12. The summed E-state index contributed by atoms with van der Waals surface area (Å²) >= 11 is 0. The van der Waals surface area contributed by atoms with Gasteiger partial charge >= 0.3 is 0 Å². The van der Waals surface area contributed by atoms with E-state index in [2.05, 4.69) is 37.2 Å². The van der Waals surface area contributed by atoms with Gasteiger partial charge in [-0.15, -0.1) is 0 Å². The summed E-state index contributed by atoms with van der Waals surface area (Å²) in [5.41, 5.74) is 13.0. The van der Waals surface area contributed by atoms with E-state index in [1.54, 1.807) is 91.0 Å². The van der Waals surface area contributed by atoms with Crippen molar-refractivity contribution in [2.45, 2.75) is 94.2 Å². The van der Waals surface area contributed by atoms with Gasteiger partial charge in [-0.2, -0.15) is 0 Å². The molecule has 0 aliphatic heterocycles. The molecule has 0 aliphatic rings. The van der Waals surface area contributed by atoms with E-state index in [0.29, 0.717) is 36.1 Å². The minimum absolute atomic E-state index is 0.0213. The number of nitrogens with one attached hydrogen (secondary N) is 7. The molecule has 0 aromatic heterocycles. The predicted octanol–water partition coefficient (Wildman–Crippen LogP) is -3.02. The number of hydrogen-bond donors (Lipinski definition) is 10. The van der Waals surface area contributed by atoms with E-state index < -0.39 is 103 Å². The Morgan fingerprint density at radius 2 is 0.905 bits per heavy atom. The van der Waals surface area contributed by atoms with Gasteiger partial charge in [0.05, 0.1) is 12.6 Å². The van der Waals surface area contributed by atoms with Gasteiger partial charge in [0, 0.05) is 31.7 Å². The zero-order valence-corrected chi connectivity index (χ0v) is 35.3. The Hall–Kier alpha value is -6.70. The second-order valence-electron chi connectivity index (χ2n) is 14.9. The lowest BCUT2D eigenvalue weighted by atomic mass is 10.0. The number of amides is 7. The van der Waals surface area contributed by atoms with Crippen LogP contribution in [0.3, 0.4) is 0 Å². The van der Waals surface area contributed by atoms with Crippen LogP contribution >= 0.6 is 0 Å². The molecule has 19 heteroatoms. The maximum atomic E-state index is 13.9. The summed E-state index contributed by atoms with van der Waals surface area (Å²) in [7, 11) is 1.38. The molecule has 7 atom stereocenters. The Balaban J connectivity index is 1.80. The molecule has 0 aliphatic carbocycles. The monoisotopic (exact) mass is 872 g/mol. The Morgan fingerprint density at radius 1 is 0.540 bits per heavy atom. The van der Waals surface area contributed by atoms with Crippen molar-refractivity contribution in [3.8, 4) is 0 Å². The van der Waals surface area contributed by atoms with E-state index in [4.69, 9.17) is 11.5 Å². The van der Waals surface area contributed by atoms with Crippen molar-refractivity contribution in [2.24, 2.45) is 11.5 Å². The lowest BCUT2D eigenvalue weighted by Gasteiger charge is -2.27. The first kappa shape index (κ1) is 50.7. The number of carbonyl (C=O) groups excluding carboxylic acids is 8. The maximum absolute atomic E-state index is 13.9. The number of carboxylic acids is 1. The molecule has 0 bridgehead atoms. The van der Waals surface area contributed by atoms with Crippen molar-refractivity contribution in [3.05, 3.63) is 108 Å². The standard InChI is InChI=1S/C44H59N9O10/c1-27(48-41(60)33(22-28-14-6-3-7-15-28)51-40(59)32(47-2)25-37(55)56)39(58)50-34(23-29-16-8-4-9-17-29)43(62)53-36(26-54)44(63)52-35(24-30-18-10-5-11-19-30)42(61)49-31(38(46)57)20-12-13-21-45/h3-11,14-19,27,31-36,47,54H,12-13,20-26,45H2,1-2H3,(H2,46,57)(H,48,60)(H,49,61)(H,50,58)(H,51,59)(H,52,63)(H,53,62)(H,55,56)/p-1/t27-,31-,32-,33?,34?,35?,36-/m0/s1. The van der Waals surface area contributed by atoms with Crippen LogP contribution in [-0.4, -0.2) is 115 Å². The topological polar surface area (TPSA) is 316 Å². The smallest absolute Gasteiger partial charge is 0.245 e. The quantitative estimate of drug-likeness (QED) is 0.0343. The lowest BCUT2D eigenvalue weighted by Crippen LogP contribution is -2.61. The molecule has 3 unspecified atom stereocenters. The zero-order valence-electron chi connectivity index (χ0n) is 35.3. The summed E-state index contributed by atoms with van der Waals surface area (Å²) in [5.74, 6) is -7.24. The van der Waals surface area contributed by atoms with Gasteiger partial charge in [0.25, 0.3) is 0 Å². The molecule has 0 fully saturated rings. The molecule has 63 heavy (non-hydrogen) atoms. The number of unbranched alkanes of at least 4 members (excludes halogenated alkanes) is 1. The summed E-state index contributed by atoms with van der Waals surface area (Å²) < 4.78 is 0. The molecule has 0 saturated heterocycles. The molecule has 340 valence electrons. The van der Waals surface area contributed by atoms with E-state index in [0.717, 1.165) is 0 Å². The van der Waals surface area contributed by atoms with Crippen molar-refractivity contribution in [2.75, 3.05) is 20.2 Å². The summed E-state index contributed by atoms with van der Waals surface area (Å²) in [5, 5.41) is 39.4. The van der Waals surface area contributed by atoms with Gasteiger partial charge in [0.2, 0.25) is 41.4 Å². The number of primary amides is 1.